The fourth-order valence-corrected chi connectivity index (χ4v) is 0. The standard InChI is InChI=1S/Mo.HO3S/c;1-4(2)3/h;(H,1,2,3). The molecule has 0 aliphatic carbocycles. The second-order valence-electron chi connectivity index (χ2n) is 0.428. The molecule has 0 heterocycles. The zero-order valence-corrected chi connectivity index (χ0v) is 4.90. The Bertz CT molecular complexity index is 90.1. The molecule has 31 valence electrons. The Hall–Kier alpha value is 0.598. The molecule has 0 rings (SSSR count). The third kappa shape index (κ3) is 86.7. The molecule has 0 radical (unpaired) electrons. The second kappa shape index (κ2) is 1.37. The van der Waals surface area contributed by atoms with Crippen molar-refractivity contribution in [2.24, 2.45) is 0 Å². The molecule has 5 heteroatoms. The van der Waals surface area contributed by atoms with E-state index in [4.69, 9.17) is 4.55 Å². The fraction of sp³-hybridized carbons (Fsp3) is 0. The zero-order valence-electron chi connectivity index (χ0n) is 2.08. The van der Waals surface area contributed by atoms with Gasteiger partial charge in [0.1, 0.15) is 0 Å². The van der Waals surface area contributed by atoms with Gasteiger partial charge in [0.15, 0.2) is 0 Å². The SMILES string of the molecule is O=[S](=O)(O)[Mo]. The van der Waals surface area contributed by atoms with Crippen LogP contribution in [0, 0.1) is 0 Å². The van der Waals surface area contributed by atoms with Gasteiger partial charge < -0.3 is 0 Å². The van der Waals surface area contributed by atoms with Gasteiger partial charge in [-0.15, -0.1) is 0 Å². The van der Waals surface area contributed by atoms with Crippen LogP contribution in [0.25, 0.3) is 0 Å². The van der Waals surface area contributed by atoms with Crippen LogP contribution < -0.4 is 0 Å². The summed E-state index contributed by atoms with van der Waals surface area (Å²) in [6, 6.07) is 0. The minimum absolute atomic E-state index is 0.652. The van der Waals surface area contributed by atoms with Crippen molar-refractivity contribution >= 4 is 7.82 Å². The van der Waals surface area contributed by atoms with E-state index in [9.17, 15) is 8.42 Å². The monoisotopic (exact) mass is 179 g/mol. The summed E-state index contributed by atoms with van der Waals surface area (Å²) >= 11 is 0.652. The van der Waals surface area contributed by atoms with Crippen LogP contribution in [0.1, 0.15) is 0 Å². The summed E-state index contributed by atoms with van der Waals surface area (Å²) in [5.74, 6) is 0. The molecule has 0 saturated carbocycles. The van der Waals surface area contributed by atoms with E-state index in [0.717, 1.165) is 0 Å². The number of hydrogen-bond acceptors (Lipinski definition) is 2. The Labute approximate surface area is 39.7 Å². The molecule has 1 N–H and O–H groups in total. The molecule has 0 atom stereocenters. The summed E-state index contributed by atoms with van der Waals surface area (Å²) in [7, 11) is -3.66. The third-order valence-electron chi connectivity index (χ3n) is 0. The first kappa shape index (κ1) is 5.60. The van der Waals surface area contributed by atoms with Crippen LogP contribution in [0.5, 0.6) is 0 Å². The van der Waals surface area contributed by atoms with E-state index in [2.05, 4.69) is 0 Å². The third-order valence-corrected chi connectivity index (χ3v) is 0. The van der Waals surface area contributed by atoms with Crippen LogP contribution in [0.2, 0.25) is 0 Å². The molecular formula is HMoO3S. The van der Waals surface area contributed by atoms with Crippen molar-refractivity contribution in [1.82, 2.24) is 0 Å². The van der Waals surface area contributed by atoms with Gasteiger partial charge in [0.25, 0.3) is 0 Å². The molecule has 0 aromatic heterocycles. The number of hydrogen-bond donors (Lipinski definition) is 1. The summed E-state index contributed by atoms with van der Waals surface area (Å²) < 4.78 is 25.9. The summed E-state index contributed by atoms with van der Waals surface area (Å²) in [4.78, 5) is 0. The van der Waals surface area contributed by atoms with Crippen molar-refractivity contribution in [2.45, 2.75) is 0 Å². The van der Waals surface area contributed by atoms with Gasteiger partial charge in [-0.1, -0.05) is 0 Å². The summed E-state index contributed by atoms with van der Waals surface area (Å²) in [5.41, 5.74) is 0. The van der Waals surface area contributed by atoms with E-state index < -0.39 is 7.82 Å². The predicted octanol–water partition coefficient (Wildman–Crippen LogP) is -0.664. The summed E-state index contributed by atoms with van der Waals surface area (Å²) in [6.45, 7) is 0. The molecular weight excluding hydrogens is 176 g/mol. The van der Waals surface area contributed by atoms with Gasteiger partial charge in [0, 0.05) is 0 Å². The fourth-order valence-electron chi connectivity index (χ4n) is 0. The molecule has 0 fully saturated rings. The Morgan fingerprint density at radius 2 is 1.60 bits per heavy atom. The first-order valence-corrected chi connectivity index (χ1v) is 4.51. The Morgan fingerprint density at radius 3 is 1.60 bits per heavy atom. The average molecular weight is 177 g/mol. The molecule has 0 unspecified atom stereocenters. The molecule has 0 aromatic carbocycles. The summed E-state index contributed by atoms with van der Waals surface area (Å²) in [6.07, 6.45) is 0. The van der Waals surface area contributed by atoms with Gasteiger partial charge in [-0.05, 0) is 0 Å². The van der Waals surface area contributed by atoms with Gasteiger partial charge in [0.05, 0.1) is 0 Å². The Morgan fingerprint density at radius 1 is 1.60 bits per heavy atom. The van der Waals surface area contributed by atoms with Crippen LogP contribution in [0.3, 0.4) is 0 Å². The van der Waals surface area contributed by atoms with Crippen molar-refractivity contribution in [1.29, 1.82) is 0 Å². The van der Waals surface area contributed by atoms with Crippen molar-refractivity contribution in [3.8, 4) is 0 Å². The van der Waals surface area contributed by atoms with Crippen LogP contribution in [-0.4, -0.2) is 13.0 Å². The maximum atomic E-state index is 9.19. The van der Waals surface area contributed by atoms with Gasteiger partial charge in [-0.3, -0.25) is 0 Å². The van der Waals surface area contributed by atoms with E-state index in [-0.39, 0.29) is 0 Å². The average Bonchev–Trinajstić information content (AvgIpc) is 0.722. The quantitative estimate of drug-likeness (QED) is 0.394. The molecule has 5 heavy (non-hydrogen) atoms. The molecule has 0 saturated heterocycles. The van der Waals surface area contributed by atoms with E-state index in [1.54, 1.807) is 0 Å². The van der Waals surface area contributed by atoms with E-state index in [1.807, 2.05) is 0 Å². The zero-order chi connectivity index (χ0) is 4.50. The summed E-state index contributed by atoms with van der Waals surface area (Å²) in [5, 5.41) is 0. The number of rotatable bonds is 0. The van der Waals surface area contributed by atoms with E-state index in [0.29, 0.717) is 18.5 Å². The molecule has 0 spiro atoms. The van der Waals surface area contributed by atoms with Crippen molar-refractivity contribution in [3.63, 3.8) is 0 Å². The Balaban J connectivity index is 4.06. The second-order valence-corrected chi connectivity index (χ2v) is 4.39. The van der Waals surface area contributed by atoms with Crippen LogP contribution >= 0.6 is 0 Å². The van der Waals surface area contributed by atoms with E-state index in [1.165, 1.54) is 0 Å². The van der Waals surface area contributed by atoms with Crippen LogP contribution in [0.4, 0.5) is 0 Å². The maximum absolute atomic E-state index is 9.19. The molecule has 0 aliphatic rings. The molecule has 0 amide bonds. The molecule has 3 nitrogen and oxygen atoms in total. The molecule has 0 aromatic rings. The normalized spacial score (nSPS) is 11.4. The van der Waals surface area contributed by atoms with E-state index >= 15 is 0 Å². The van der Waals surface area contributed by atoms with Crippen molar-refractivity contribution in [3.05, 3.63) is 0 Å². The topological polar surface area (TPSA) is 54.4 Å². The van der Waals surface area contributed by atoms with Crippen molar-refractivity contribution < 1.29 is 31.5 Å². The van der Waals surface area contributed by atoms with Gasteiger partial charge in [-0.2, -0.15) is 0 Å². The van der Waals surface area contributed by atoms with Gasteiger partial charge in [0.2, 0.25) is 0 Å². The van der Waals surface area contributed by atoms with Crippen molar-refractivity contribution in [2.75, 3.05) is 0 Å². The molecule has 0 aliphatic heterocycles. The molecule has 0 bridgehead atoms. The predicted molar refractivity (Wildman–Crippen MR) is 11.5 cm³/mol. The first-order valence-electron chi connectivity index (χ1n) is 0.683. The van der Waals surface area contributed by atoms with Crippen LogP contribution in [0.15, 0.2) is 0 Å². The minimum atomic E-state index is -3.66. The Kier molecular flexibility index (Phi) is 1.53. The van der Waals surface area contributed by atoms with Crippen LogP contribution in [-0.2, 0) is 26.4 Å². The first-order chi connectivity index (χ1) is 2.00. The van der Waals surface area contributed by atoms with Gasteiger partial charge in [-0.25, -0.2) is 0 Å². The van der Waals surface area contributed by atoms with Gasteiger partial charge >= 0.3 is 39.3 Å².